The van der Waals surface area contributed by atoms with E-state index >= 15 is 0 Å². The maximum absolute atomic E-state index is 3.73. The van der Waals surface area contributed by atoms with Gasteiger partial charge in [-0.1, -0.05) is 18.2 Å². The molecule has 3 rings (SSSR count). The molecule has 2 bridgehead atoms. The van der Waals surface area contributed by atoms with E-state index in [0.717, 1.165) is 24.7 Å². The number of halogens is 1. The highest BCUT2D eigenvalue weighted by Gasteiger charge is 2.34. The monoisotopic (exact) mass is 294 g/mol. The van der Waals surface area contributed by atoms with E-state index in [4.69, 9.17) is 0 Å². The minimum atomic E-state index is 0. The van der Waals surface area contributed by atoms with Crippen molar-refractivity contribution in [1.82, 2.24) is 10.2 Å². The smallest absolute Gasteiger partial charge is 0.0236 e. The lowest BCUT2D eigenvalue weighted by Crippen LogP contribution is -2.46. The Hall–Kier alpha value is -0.570. The second-order valence-corrected chi connectivity index (χ2v) is 6.54. The van der Waals surface area contributed by atoms with Crippen LogP contribution in [0.2, 0.25) is 0 Å². The van der Waals surface area contributed by atoms with E-state index in [2.05, 4.69) is 49.3 Å². The molecule has 2 unspecified atom stereocenters. The Morgan fingerprint density at radius 1 is 1.15 bits per heavy atom. The second-order valence-electron chi connectivity index (χ2n) is 6.54. The molecule has 2 aliphatic heterocycles. The molecule has 0 aliphatic carbocycles. The van der Waals surface area contributed by atoms with Crippen molar-refractivity contribution in [1.29, 1.82) is 0 Å². The van der Waals surface area contributed by atoms with Gasteiger partial charge in [-0.2, -0.15) is 0 Å². The van der Waals surface area contributed by atoms with Crippen molar-refractivity contribution in [3.8, 4) is 0 Å². The summed E-state index contributed by atoms with van der Waals surface area (Å²) in [5.41, 5.74) is 4.37. The fraction of sp³-hybridized carbons (Fsp3) is 0.647. The van der Waals surface area contributed by atoms with Crippen LogP contribution in [0.1, 0.15) is 42.4 Å². The molecule has 2 nitrogen and oxygen atoms in total. The first-order valence-corrected chi connectivity index (χ1v) is 7.65. The van der Waals surface area contributed by atoms with Crippen molar-refractivity contribution in [2.24, 2.45) is 0 Å². The quantitative estimate of drug-likeness (QED) is 0.919. The first-order valence-electron chi connectivity index (χ1n) is 7.65. The van der Waals surface area contributed by atoms with Crippen LogP contribution in [-0.2, 0) is 6.54 Å². The number of hydrogen-bond acceptors (Lipinski definition) is 2. The molecule has 0 saturated carbocycles. The highest BCUT2D eigenvalue weighted by atomic mass is 35.5. The number of nitrogens with one attached hydrogen (secondary N) is 1. The number of fused-ring (bicyclic) bond motifs is 2. The summed E-state index contributed by atoms with van der Waals surface area (Å²) in [5.74, 6) is 0. The predicted molar refractivity (Wildman–Crippen MR) is 87.6 cm³/mol. The van der Waals surface area contributed by atoms with Crippen LogP contribution in [0, 0.1) is 13.8 Å². The van der Waals surface area contributed by atoms with Gasteiger partial charge in [0.2, 0.25) is 0 Å². The summed E-state index contributed by atoms with van der Waals surface area (Å²) < 4.78 is 0. The number of benzene rings is 1. The molecule has 3 heteroatoms. The molecule has 2 aliphatic rings. The van der Waals surface area contributed by atoms with Crippen molar-refractivity contribution < 1.29 is 0 Å². The third-order valence-corrected chi connectivity index (χ3v) is 5.21. The van der Waals surface area contributed by atoms with Gasteiger partial charge < -0.3 is 5.32 Å². The average molecular weight is 295 g/mol. The summed E-state index contributed by atoms with van der Waals surface area (Å²) in [6, 6.07) is 9.02. The van der Waals surface area contributed by atoms with Crippen molar-refractivity contribution in [3.63, 3.8) is 0 Å². The van der Waals surface area contributed by atoms with Crippen LogP contribution in [0.15, 0.2) is 18.2 Å². The van der Waals surface area contributed by atoms with Gasteiger partial charge in [-0.05, 0) is 63.3 Å². The van der Waals surface area contributed by atoms with Crippen molar-refractivity contribution in [2.45, 2.75) is 64.2 Å². The molecule has 2 heterocycles. The van der Waals surface area contributed by atoms with Gasteiger partial charge in [0.25, 0.3) is 0 Å². The molecule has 1 N–H and O–H groups in total. The fourth-order valence-electron chi connectivity index (χ4n) is 3.77. The van der Waals surface area contributed by atoms with Crippen molar-refractivity contribution in [2.75, 3.05) is 7.05 Å². The Morgan fingerprint density at radius 2 is 1.80 bits per heavy atom. The highest BCUT2D eigenvalue weighted by molar-refractivity contribution is 5.85. The van der Waals surface area contributed by atoms with Gasteiger partial charge in [0.1, 0.15) is 0 Å². The van der Waals surface area contributed by atoms with Gasteiger partial charge in [-0.25, -0.2) is 0 Å². The summed E-state index contributed by atoms with van der Waals surface area (Å²) in [6.07, 6.45) is 5.44. The van der Waals surface area contributed by atoms with Crippen LogP contribution >= 0.6 is 12.4 Å². The Kier molecular flexibility index (Phi) is 5.11. The zero-order valence-corrected chi connectivity index (χ0v) is 13.7. The van der Waals surface area contributed by atoms with Crippen LogP contribution in [0.25, 0.3) is 0 Å². The van der Waals surface area contributed by atoms with Crippen molar-refractivity contribution >= 4 is 12.4 Å². The van der Waals surface area contributed by atoms with Crippen LogP contribution in [-0.4, -0.2) is 30.1 Å². The van der Waals surface area contributed by atoms with E-state index in [0.29, 0.717) is 0 Å². The molecule has 0 amide bonds. The SMILES string of the molecule is Cc1cccc(CN(C)C2CC3CCC(C2)N3)c1C.Cl. The fourth-order valence-corrected chi connectivity index (χ4v) is 3.77. The minimum absolute atomic E-state index is 0. The number of nitrogens with zero attached hydrogens (tertiary/aromatic N) is 1. The molecule has 2 atom stereocenters. The standard InChI is InChI=1S/C17H26N2.ClH/c1-12-5-4-6-14(13(12)2)11-19(3)17-9-15-7-8-16(10-17)18-15;/h4-6,15-18H,7-11H2,1-3H3;1H. The maximum Gasteiger partial charge on any atom is 0.0236 e. The Balaban J connectivity index is 0.00000147. The summed E-state index contributed by atoms with van der Waals surface area (Å²) in [7, 11) is 2.30. The molecule has 1 aromatic rings. The Morgan fingerprint density at radius 3 is 2.45 bits per heavy atom. The maximum atomic E-state index is 3.73. The van der Waals surface area contributed by atoms with E-state index in [-0.39, 0.29) is 12.4 Å². The number of hydrogen-bond donors (Lipinski definition) is 1. The van der Waals surface area contributed by atoms with Crippen LogP contribution in [0.4, 0.5) is 0 Å². The van der Waals surface area contributed by atoms with Crippen LogP contribution in [0.5, 0.6) is 0 Å². The van der Waals surface area contributed by atoms with Gasteiger partial charge in [0.15, 0.2) is 0 Å². The van der Waals surface area contributed by atoms with E-state index in [1.807, 2.05) is 0 Å². The summed E-state index contributed by atoms with van der Waals surface area (Å²) in [4.78, 5) is 2.58. The second kappa shape index (κ2) is 6.46. The minimum Gasteiger partial charge on any atom is -0.311 e. The third kappa shape index (κ3) is 3.19. The van der Waals surface area contributed by atoms with Gasteiger partial charge in [-0.15, -0.1) is 12.4 Å². The van der Waals surface area contributed by atoms with Gasteiger partial charge in [-0.3, -0.25) is 4.90 Å². The number of rotatable bonds is 3. The van der Waals surface area contributed by atoms with Gasteiger partial charge in [0.05, 0.1) is 0 Å². The van der Waals surface area contributed by atoms with E-state index in [1.165, 1.54) is 42.4 Å². The normalized spacial score (nSPS) is 28.5. The predicted octanol–water partition coefficient (Wildman–Crippen LogP) is 3.44. The lowest BCUT2D eigenvalue weighted by molar-refractivity contribution is 0.165. The van der Waals surface area contributed by atoms with E-state index in [1.54, 1.807) is 0 Å². The molecule has 0 radical (unpaired) electrons. The average Bonchev–Trinajstić information content (AvgIpc) is 2.73. The molecule has 20 heavy (non-hydrogen) atoms. The van der Waals surface area contributed by atoms with Crippen LogP contribution in [0.3, 0.4) is 0 Å². The molecule has 0 aromatic heterocycles. The topological polar surface area (TPSA) is 15.3 Å². The summed E-state index contributed by atoms with van der Waals surface area (Å²) in [5, 5.41) is 3.73. The Labute approximate surface area is 129 Å². The molecule has 112 valence electrons. The summed E-state index contributed by atoms with van der Waals surface area (Å²) in [6.45, 7) is 5.56. The molecular weight excluding hydrogens is 268 g/mol. The highest BCUT2D eigenvalue weighted by Crippen LogP contribution is 2.30. The Bertz CT molecular complexity index is 448. The zero-order valence-electron chi connectivity index (χ0n) is 12.9. The number of aryl methyl sites for hydroxylation is 1. The summed E-state index contributed by atoms with van der Waals surface area (Å²) >= 11 is 0. The van der Waals surface area contributed by atoms with Gasteiger partial charge in [0, 0.05) is 24.7 Å². The van der Waals surface area contributed by atoms with Crippen LogP contribution < -0.4 is 5.32 Å². The van der Waals surface area contributed by atoms with Crippen molar-refractivity contribution in [3.05, 3.63) is 34.9 Å². The molecule has 2 saturated heterocycles. The lowest BCUT2D eigenvalue weighted by Gasteiger charge is -2.36. The molecule has 0 spiro atoms. The first kappa shape index (κ1) is 15.8. The lowest BCUT2D eigenvalue weighted by atomic mass is 9.97. The van der Waals surface area contributed by atoms with E-state index < -0.39 is 0 Å². The van der Waals surface area contributed by atoms with Gasteiger partial charge >= 0.3 is 0 Å². The molecule has 2 fully saturated rings. The zero-order chi connectivity index (χ0) is 13.4. The van der Waals surface area contributed by atoms with E-state index in [9.17, 15) is 0 Å². The molecule has 1 aromatic carbocycles. The first-order chi connectivity index (χ1) is 9.13. The third-order valence-electron chi connectivity index (χ3n) is 5.21. The number of piperidine rings is 1. The largest absolute Gasteiger partial charge is 0.311 e. The molecular formula is C17H27ClN2.